The molecule has 0 bridgehead atoms. The fraction of sp³-hybridized carbons (Fsp3) is 0.485. The first-order valence-corrected chi connectivity index (χ1v) is 15.0. The van der Waals surface area contributed by atoms with Crippen molar-refractivity contribution in [3.63, 3.8) is 0 Å². The molecule has 232 valence electrons. The first-order valence-electron chi connectivity index (χ1n) is 15.0. The van der Waals surface area contributed by atoms with E-state index in [2.05, 4.69) is 61.6 Å². The summed E-state index contributed by atoms with van der Waals surface area (Å²) in [5.41, 5.74) is 4.56. The molecule has 4 rings (SSSR count). The van der Waals surface area contributed by atoms with Gasteiger partial charge in [0.1, 0.15) is 11.4 Å². The van der Waals surface area contributed by atoms with E-state index in [1.54, 1.807) is 10.7 Å². The number of ether oxygens (including phenoxy) is 2. The Bertz CT molecular complexity index is 1400. The van der Waals surface area contributed by atoms with Crippen LogP contribution in [0.5, 0.6) is 11.5 Å². The summed E-state index contributed by atoms with van der Waals surface area (Å²) in [6.45, 7) is 11.3. The number of amides is 2. The number of aromatic hydroxyl groups is 1. The molecule has 0 saturated carbocycles. The number of nitrogens with zero attached hydrogens (tertiary/aromatic N) is 3. The fourth-order valence-corrected chi connectivity index (χ4v) is 5.03. The molecule has 3 aromatic rings. The number of aryl methyl sites for hydroxylation is 1. The standard InChI is InChI=1S/C33H45N5O5/c1-23(33(2,3)4)38(16-15-34-14-11-25-9-10-28(39)31-32(25)43-22-29(40)36-31)30(41)13-18-42-17-12-24-7-6-8-26(19-24)27-20-35-37(5)21-27/h6-10,19-21,23,34,39H,11-18,22H2,1-5H3,(H,36,40). The Hall–Kier alpha value is -3.89. The number of carbonyl (C=O) groups is 2. The SMILES string of the molecule is CC(N(CCNCCc1ccc(O)c2c1OCC(=O)N2)C(=O)CCOCCc1cccc(-c2cnn(C)c2)c1)C(C)(C)C. The lowest BCUT2D eigenvalue weighted by Gasteiger charge is -2.38. The molecular weight excluding hydrogens is 546 g/mol. The minimum Gasteiger partial charge on any atom is -0.506 e. The lowest BCUT2D eigenvalue weighted by molar-refractivity contribution is -0.136. The predicted octanol–water partition coefficient (Wildman–Crippen LogP) is 4.17. The number of rotatable bonds is 14. The maximum absolute atomic E-state index is 13.3. The Morgan fingerprint density at radius 3 is 2.74 bits per heavy atom. The summed E-state index contributed by atoms with van der Waals surface area (Å²) < 4.78 is 13.3. The summed E-state index contributed by atoms with van der Waals surface area (Å²) >= 11 is 0. The number of phenols is 1. The molecule has 0 aliphatic carbocycles. The van der Waals surface area contributed by atoms with Crippen molar-refractivity contribution in [1.29, 1.82) is 0 Å². The molecule has 10 nitrogen and oxygen atoms in total. The number of hydrogen-bond acceptors (Lipinski definition) is 7. The van der Waals surface area contributed by atoms with E-state index in [0.717, 1.165) is 23.1 Å². The van der Waals surface area contributed by atoms with Crippen LogP contribution < -0.4 is 15.4 Å². The number of hydrogen-bond donors (Lipinski definition) is 3. The number of fused-ring (bicyclic) bond motifs is 1. The summed E-state index contributed by atoms with van der Waals surface area (Å²) in [6, 6.07) is 11.8. The molecule has 10 heteroatoms. The lowest BCUT2D eigenvalue weighted by Crippen LogP contribution is -2.48. The Morgan fingerprint density at radius 2 is 2.00 bits per heavy atom. The molecule has 1 atom stereocenters. The van der Waals surface area contributed by atoms with Crippen LogP contribution in [0.1, 0.15) is 45.2 Å². The minimum atomic E-state index is -0.284. The third-order valence-electron chi connectivity index (χ3n) is 7.93. The Balaban J connectivity index is 1.22. The molecule has 1 aliphatic rings. The Morgan fingerprint density at radius 1 is 1.19 bits per heavy atom. The molecule has 0 radical (unpaired) electrons. The maximum Gasteiger partial charge on any atom is 0.262 e. The van der Waals surface area contributed by atoms with E-state index in [9.17, 15) is 14.7 Å². The largest absolute Gasteiger partial charge is 0.506 e. The first-order chi connectivity index (χ1) is 20.5. The zero-order valence-electron chi connectivity index (χ0n) is 26.0. The van der Waals surface area contributed by atoms with Crippen LogP contribution in [0.2, 0.25) is 0 Å². The number of benzene rings is 2. The number of anilines is 1. The van der Waals surface area contributed by atoms with Crippen molar-refractivity contribution in [1.82, 2.24) is 20.0 Å². The van der Waals surface area contributed by atoms with E-state index in [1.165, 1.54) is 5.56 Å². The van der Waals surface area contributed by atoms with Gasteiger partial charge in [-0.2, -0.15) is 5.10 Å². The zero-order valence-corrected chi connectivity index (χ0v) is 26.0. The van der Waals surface area contributed by atoms with E-state index in [-0.39, 0.29) is 35.6 Å². The van der Waals surface area contributed by atoms with Crippen molar-refractivity contribution >= 4 is 17.5 Å². The molecule has 43 heavy (non-hydrogen) atoms. The average Bonchev–Trinajstić information content (AvgIpc) is 3.41. The van der Waals surface area contributed by atoms with Gasteiger partial charge >= 0.3 is 0 Å². The molecule has 1 unspecified atom stereocenters. The highest BCUT2D eigenvalue weighted by molar-refractivity contribution is 5.97. The summed E-state index contributed by atoms with van der Waals surface area (Å²) in [7, 11) is 1.91. The fourth-order valence-electron chi connectivity index (χ4n) is 5.03. The summed E-state index contributed by atoms with van der Waals surface area (Å²) in [5, 5.41) is 20.4. The third-order valence-corrected chi connectivity index (χ3v) is 7.93. The lowest BCUT2D eigenvalue weighted by atomic mass is 9.86. The van der Waals surface area contributed by atoms with E-state index in [1.807, 2.05) is 36.5 Å². The van der Waals surface area contributed by atoms with Crippen molar-refractivity contribution < 1.29 is 24.2 Å². The van der Waals surface area contributed by atoms with E-state index >= 15 is 0 Å². The summed E-state index contributed by atoms with van der Waals surface area (Å²) in [4.78, 5) is 26.9. The van der Waals surface area contributed by atoms with Crippen molar-refractivity contribution in [2.45, 2.75) is 53.0 Å². The molecule has 1 aromatic heterocycles. The molecule has 2 amide bonds. The molecule has 2 heterocycles. The van der Waals surface area contributed by atoms with Crippen molar-refractivity contribution in [3.8, 4) is 22.6 Å². The van der Waals surface area contributed by atoms with Gasteiger partial charge in [0.15, 0.2) is 12.4 Å². The van der Waals surface area contributed by atoms with Crippen LogP contribution in [0.3, 0.4) is 0 Å². The number of carbonyl (C=O) groups excluding carboxylic acids is 2. The quantitative estimate of drug-likeness (QED) is 0.190. The van der Waals surface area contributed by atoms with Gasteiger partial charge in [0.05, 0.1) is 25.8 Å². The van der Waals surface area contributed by atoms with Crippen LogP contribution in [0.15, 0.2) is 48.8 Å². The minimum absolute atomic E-state index is 0.0101. The molecule has 1 aliphatic heterocycles. The van der Waals surface area contributed by atoms with E-state index < -0.39 is 0 Å². The molecular formula is C33H45N5O5. The summed E-state index contributed by atoms with van der Waals surface area (Å²) in [5.74, 6) is 0.303. The van der Waals surface area contributed by atoms with E-state index in [4.69, 9.17) is 9.47 Å². The molecule has 3 N–H and O–H groups in total. The van der Waals surface area contributed by atoms with Gasteiger partial charge in [-0.15, -0.1) is 0 Å². The van der Waals surface area contributed by atoms with E-state index in [0.29, 0.717) is 57.1 Å². The number of aromatic nitrogens is 2. The van der Waals surface area contributed by atoms with Gasteiger partial charge in [-0.3, -0.25) is 14.3 Å². The molecule has 0 spiro atoms. The van der Waals surface area contributed by atoms with Gasteiger partial charge in [-0.1, -0.05) is 51.1 Å². The van der Waals surface area contributed by atoms with Gasteiger partial charge in [0, 0.05) is 37.9 Å². The highest BCUT2D eigenvalue weighted by Gasteiger charge is 2.29. The van der Waals surface area contributed by atoms with Crippen molar-refractivity contribution in [3.05, 3.63) is 59.9 Å². The molecule has 2 aromatic carbocycles. The highest BCUT2D eigenvalue weighted by Crippen LogP contribution is 2.39. The number of phenolic OH excluding ortho intramolecular Hbond substituents is 1. The van der Waals surface area contributed by atoms with Crippen LogP contribution in [0.4, 0.5) is 5.69 Å². The first kappa shape index (κ1) is 32.0. The van der Waals surface area contributed by atoms with Gasteiger partial charge in [-0.25, -0.2) is 0 Å². The number of nitrogens with one attached hydrogen (secondary N) is 2. The maximum atomic E-state index is 13.3. The Labute approximate surface area is 254 Å². The van der Waals surface area contributed by atoms with Crippen molar-refractivity contribution in [2.24, 2.45) is 12.5 Å². The molecule has 0 saturated heterocycles. The van der Waals surface area contributed by atoms with Crippen LogP contribution >= 0.6 is 0 Å². The van der Waals surface area contributed by atoms with Gasteiger partial charge in [0.25, 0.3) is 5.91 Å². The molecule has 0 fully saturated rings. The third kappa shape index (κ3) is 8.81. The van der Waals surface area contributed by atoms with Gasteiger partial charge in [0.2, 0.25) is 5.91 Å². The zero-order chi connectivity index (χ0) is 31.0. The topological polar surface area (TPSA) is 118 Å². The normalized spacial score (nSPS) is 13.7. The monoisotopic (exact) mass is 591 g/mol. The predicted molar refractivity (Wildman–Crippen MR) is 167 cm³/mol. The van der Waals surface area contributed by atoms with Crippen LogP contribution in [0.25, 0.3) is 11.1 Å². The van der Waals surface area contributed by atoms with Crippen LogP contribution in [0, 0.1) is 5.41 Å². The highest BCUT2D eigenvalue weighted by atomic mass is 16.5. The van der Waals surface area contributed by atoms with Crippen LogP contribution in [-0.2, 0) is 34.2 Å². The Kier molecular flexibility index (Phi) is 10.8. The van der Waals surface area contributed by atoms with Crippen LogP contribution in [-0.4, -0.2) is 77.1 Å². The summed E-state index contributed by atoms with van der Waals surface area (Å²) in [6.07, 6.45) is 5.62. The van der Waals surface area contributed by atoms with Gasteiger partial charge < -0.3 is 30.1 Å². The smallest absolute Gasteiger partial charge is 0.262 e. The average molecular weight is 592 g/mol. The van der Waals surface area contributed by atoms with Crippen molar-refractivity contribution in [2.75, 3.05) is 44.8 Å². The second-order valence-electron chi connectivity index (χ2n) is 12.1. The van der Waals surface area contributed by atoms with Gasteiger partial charge in [-0.05, 0) is 54.5 Å². The second-order valence-corrected chi connectivity index (χ2v) is 12.1. The second kappa shape index (κ2) is 14.5.